The molecule has 0 aliphatic rings. The summed E-state index contributed by atoms with van der Waals surface area (Å²) in [7, 11) is 0. The average Bonchev–Trinajstić information content (AvgIpc) is 2.19. The molecule has 0 aliphatic carbocycles. The van der Waals surface area contributed by atoms with Crippen LogP contribution in [0, 0.1) is 0 Å². The summed E-state index contributed by atoms with van der Waals surface area (Å²) >= 11 is 0. The highest BCUT2D eigenvalue weighted by Gasteiger charge is 2.04. The van der Waals surface area contributed by atoms with Crippen molar-refractivity contribution in [2.75, 3.05) is 5.32 Å². The minimum Gasteiger partial charge on any atom is -0.339 e. The fourth-order valence-electron chi connectivity index (χ4n) is 1.03. The van der Waals surface area contributed by atoms with Crippen LogP contribution in [0.1, 0.15) is 6.92 Å². The zero-order valence-electron chi connectivity index (χ0n) is 8.36. The van der Waals surface area contributed by atoms with Gasteiger partial charge in [-0.05, 0) is 19.1 Å². The van der Waals surface area contributed by atoms with Crippen LogP contribution in [-0.4, -0.2) is 18.6 Å². The number of nitrogens with one attached hydrogen (secondary N) is 3. The fraction of sp³-hybridized carbons (Fsp3) is 0.200. The van der Waals surface area contributed by atoms with Crippen LogP contribution in [-0.2, 0) is 4.79 Å². The monoisotopic (exact) mass is 207 g/mol. The number of benzene rings is 1. The molecule has 80 valence electrons. The molecule has 1 rings (SSSR count). The van der Waals surface area contributed by atoms with Gasteiger partial charge in [-0.3, -0.25) is 4.79 Å². The molecule has 3 N–H and O–H groups in total. The molecule has 1 atom stereocenters. The standard InChI is InChI=1S/C10H13N3O2/c1-8(11-7-14)12-10(15)13-9-5-3-2-4-6-9/h2-8H,1H3,(H,11,14)(H2,12,13,15). The third kappa shape index (κ3) is 4.12. The Kier molecular flexibility index (Phi) is 4.15. The number of rotatable bonds is 4. The largest absolute Gasteiger partial charge is 0.339 e. The smallest absolute Gasteiger partial charge is 0.320 e. The number of amides is 3. The van der Waals surface area contributed by atoms with Gasteiger partial charge in [0.2, 0.25) is 6.41 Å². The average molecular weight is 207 g/mol. The van der Waals surface area contributed by atoms with Crippen LogP contribution in [0.2, 0.25) is 0 Å². The van der Waals surface area contributed by atoms with Gasteiger partial charge in [-0.25, -0.2) is 4.79 Å². The predicted octanol–water partition coefficient (Wildman–Crippen LogP) is 0.900. The van der Waals surface area contributed by atoms with E-state index in [9.17, 15) is 9.59 Å². The minimum atomic E-state index is -0.397. The molecule has 0 aliphatic heterocycles. The Balaban J connectivity index is 2.39. The molecule has 0 aromatic heterocycles. The van der Waals surface area contributed by atoms with E-state index in [4.69, 9.17) is 0 Å². The Labute approximate surface area is 87.9 Å². The van der Waals surface area contributed by atoms with E-state index in [1.165, 1.54) is 0 Å². The summed E-state index contributed by atoms with van der Waals surface area (Å²) in [4.78, 5) is 21.4. The molecule has 5 heteroatoms. The first-order valence-corrected chi connectivity index (χ1v) is 4.54. The molecule has 0 spiro atoms. The lowest BCUT2D eigenvalue weighted by Crippen LogP contribution is -2.44. The van der Waals surface area contributed by atoms with Crippen molar-refractivity contribution in [3.8, 4) is 0 Å². The number of hydrogen-bond acceptors (Lipinski definition) is 2. The molecule has 1 aromatic rings. The summed E-state index contributed by atoms with van der Waals surface area (Å²) in [6.45, 7) is 1.67. The maximum atomic E-state index is 11.3. The van der Waals surface area contributed by atoms with E-state index < -0.39 is 6.17 Å². The highest BCUT2D eigenvalue weighted by molar-refractivity contribution is 5.89. The summed E-state index contributed by atoms with van der Waals surface area (Å²) in [6.07, 6.45) is 0.138. The lowest BCUT2D eigenvalue weighted by atomic mass is 10.3. The highest BCUT2D eigenvalue weighted by atomic mass is 16.2. The molecule has 5 nitrogen and oxygen atoms in total. The summed E-state index contributed by atoms with van der Waals surface area (Å²) in [6, 6.07) is 8.70. The van der Waals surface area contributed by atoms with Gasteiger partial charge in [-0.1, -0.05) is 18.2 Å². The molecular weight excluding hydrogens is 194 g/mol. The first-order chi connectivity index (χ1) is 7.22. The normalized spacial score (nSPS) is 11.3. The molecule has 0 saturated heterocycles. The van der Waals surface area contributed by atoms with Crippen molar-refractivity contribution in [3.05, 3.63) is 30.3 Å². The zero-order valence-corrected chi connectivity index (χ0v) is 8.36. The molecule has 0 saturated carbocycles. The number of hydrogen-bond donors (Lipinski definition) is 3. The molecule has 15 heavy (non-hydrogen) atoms. The van der Waals surface area contributed by atoms with Gasteiger partial charge >= 0.3 is 6.03 Å². The van der Waals surface area contributed by atoms with Crippen molar-refractivity contribution in [2.45, 2.75) is 13.1 Å². The number of urea groups is 1. The Morgan fingerprint density at radius 2 is 2.00 bits per heavy atom. The van der Waals surface area contributed by atoms with E-state index >= 15 is 0 Å². The molecule has 0 fully saturated rings. The number of para-hydroxylation sites is 1. The Morgan fingerprint density at radius 1 is 1.33 bits per heavy atom. The van der Waals surface area contributed by atoms with E-state index in [1.54, 1.807) is 19.1 Å². The van der Waals surface area contributed by atoms with Crippen molar-refractivity contribution in [2.24, 2.45) is 0 Å². The Morgan fingerprint density at radius 3 is 2.60 bits per heavy atom. The van der Waals surface area contributed by atoms with Gasteiger partial charge in [-0.2, -0.15) is 0 Å². The maximum Gasteiger partial charge on any atom is 0.320 e. The van der Waals surface area contributed by atoms with E-state index in [-0.39, 0.29) is 6.03 Å². The zero-order chi connectivity index (χ0) is 11.1. The van der Waals surface area contributed by atoms with Gasteiger partial charge in [-0.15, -0.1) is 0 Å². The van der Waals surface area contributed by atoms with E-state index in [0.29, 0.717) is 12.1 Å². The van der Waals surface area contributed by atoms with Crippen LogP contribution >= 0.6 is 0 Å². The lowest BCUT2D eigenvalue weighted by molar-refractivity contribution is -0.110. The van der Waals surface area contributed by atoms with E-state index in [2.05, 4.69) is 16.0 Å². The number of anilines is 1. The maximum absolute atomic E-state index is 11.3. The molecule has 0 bridgehead atoms. The fourth-order valence-corrected chi connectivity index (χ4v) is 1.03. The topological polar surface area (TPSA) is 70.2 Å². The Bertz CT molecular complexity index is 327. The predicted molar refractivity (Wildman–Crippen MR) is 57.3 cm³/mol. The molecule has 3 amide bonds. The third-order valence-electron chi connectivity index (χ3n) is 1.70. The van der Waals surface area contributed by atoms with Crippen molar-refractivity contribution in [3.63, 3.8) is 0 Å². The first-order valence-electron chi connectivity index (χ1n) is 4.54. The quantitative estimate of drug-likeness (QED) is 0.507. The van der Waals surface area contributed by atoms with Gasteiger partial charge in [0.1, 0.15) is 0 Å². The minimum absolute atomic E-state index is 0.358. The summed E-state index contributed by atoms with van der Waals surface area (Å²) in [5, 5.41) is 7.57. The third-order valence-corrected chi connectivity index (χ3v) is 1.70. The summed E-state index contributed by atoms with van der Waals surface area (Å²) in [5.74, 6) is 0. The van der Waals surface area contributed by atoms with Crippen LogP contribution in [0.25, 0.3) is 0 Å². The number of carbonyl (C=O) groups is 2. The van der Waals surface area contributed by atoms with Gasteiger partial charge in [0, 0.05) is 5.69 Å². The van der Waals surface area contributed by atoms with Gasteiger partial charge < -0.3 is 16.0 Å². The number of carbonyl (C=O) groups excluding carboxylic acids is 2. The highest BCUT2D eigenvalue weighted by Crippen LogP contribution is 2.03. The second-order valence-corrected chi connectivity index (χ2v) is 2.97. The van der Waals surface area contributed by atoms with Crippen molar-refractivity contribution >= 4 is 18.1 Å². The molecule has 1 aromatic carbocycles. The van der Waals surface area contributed by atoms with Crippen molar-refractivity contribution < 1.29 is 9.59 Å². The Hall–Kier alpha value is -2.04. The summed E-state index contributed by atoms with van der Waals surface area (Å²) in [5.41, 5.74) is 0.702. The van der Waals surface area contributed by atoms with Gasteiger partial charge in [0.05, 0.1) is 6.17 Å². The van der Waals surface area contributed by atoms with E-state index in [0.717, 1.165) is 0 Å². The first kappa shape index (κ1) is 11.0. The SMILES string of the molecule is CC(NC=O)NC(=O)Nc1ccccc1. The molecule has 1 unspecified atom stereocenters. The van der Waals surface area contributed by atoms with Crippen LogP contribution < -0.4 is 16.0 Å². The second-order valence-electron chi connectivity index (χ2n) is 2.97. The molecule has 0 heterocycles. The molecule has 0 radical (unpaired) electrons. The lowest BCUT2D eigenvalue weighted by Gasteiger charge is -2.13. The van der Waals surface area contributed by atoms with Crippen molar-refractivity contribution in [1.29, 1.82) is 0 Å². The van der Waals surface area contributed by atoms with Crippen LogP contribution in [0.4, 0.5) is 10.5 Å². The van der Waals surface area contributed by atoms with E-state index in [1.807, 2.05) is 18.2 Å². The van der Waals surface area contributed by atoms with Gasteiger partial charge in [0.25, 0.3) is 0 Å². The summed E-state index contributed by atoms with van der Waals surface area (Å²) < 4.78 is 0. The van der Waals surface area contributed by atoms with Crippen LogP contribution in [0.3, 0.4) is 0 Å². The second kappa shape index (κ2) is 5.64. The van der Waals surface area contributed by atoms with Crippen LogP contribution in [0.15, 0.2) is 30.3 Å². The van der Waals surface area contributed by atoms with Crippen LogP contribution in [0.5, 0.6) is 0 Å². The van der Waals surface area contributed by atoms with Crippen molar-refractivity contribution in [1.82, 2.24) is 10.6 Å². The van der Waals surface area contributed by atoms with Gasteiger partial charge in [0.15, 0.2) is 0 Å². The molecular formula is C10H13N3O2.